The average molecular weight is 481 g/mol. The van der Waals surface area contributed by atoms with Crippen molar-refractivity contribution in [2.24, 2.45) is 0 Å². The number of amides is 2. The van der Waals surface area contributed by atoms with Gasteiger partial charge in [0, 0.05) is 23.8 Å². The fourth-order valence-electron chi connectivity index (χ4n) is 2.52. The van der Waals surface area contributed by atoms with Crippen LogP contribution >= 0.6 is 23.2 Å². The van der Waals surface area contributed by atoms with Crippen molar-refractivity contribution in [1.82, 2.24) is 9.97 Å². The van der Waals surface area contributed by atoms with E-state index in [9.17, 15) is 22.8 Å². The second-order valence-corrected chi connectivity index (χ2v) is 7.10. The smallest absolute Gasteiger partial charge is 0.322 e. The van der Waals surface area contributed by atoms with E-state index in [2.05, 4.69) is 20.6 Å². The van der Waals surface area contributed by atoms with E-state index in [0.29, 0.717) is 5.56 Å². The van der Waals surface area contributed by atoms with Gasteiger partial charge in [0.1, 0.15) is 15.9 Å². The molecule has 0 saturated carbocycles. The van der Waals surface area contributed by atoms with Crippen LogP contribution in [-0.4, -0.2) is 21.8 Å². The number of nitrogens with one attached hydrogen (secondary N) is 2. The maximum Gasteiger partial charge on any atom is 0.416 e. The lowest BCUT2D eigenvalue weighted by Gasteiger charge is -2.12. The summed E-state index contributed by atoms with van der Waals surface area (Å²) in [6.45, 7) is 0. The molecule has 3 rings (SSSR count). The van der Waals surface area contributed by atoms with Crippen molar-refractivity contribution < 1.29 is 22.8 Å². The molecule has 0 aliphatic heterocycles. The molecule has 0 radical (unpaired) electrons. The predicted molar refractivity (Wildman–Crippen MR) is 115 cm³/mol. The minimum absolute atomic E-state index is 0.114. The summed E-state index contributed by atoms with van der Waals surface area (Å²) >= 11 is 11.6. The van der Waals surface area contributed by atoms with Crippen LogP contribution < -0.4 is 10.6 Å². The van der Waals surface area contributed by atoms with Gasteiger partial charge in [0.05, 0.1) is 5.56 Å². The fourth-order valence-corrected chi connectivity index (χ4v) is 2.81. The Kier molecular flexibility index (Phi) is 7.12. The SMILES string of the molecule is O=C(Nc1cccc(C(F)(F)F)c1)C(=Cc1ccc(Cl)nc1)C(=O)Nc1ccnc(Cl)c1. The molecule has 6 nitrogen and oxygen atoms in total. The van der Waals surface area contributed by atoms with Crippen LogP contribution in [0.2, 0.25) is 10.3 Å². The lowest BCUT2D eigenvalue weighted by atomic mass is 10.1. The summed E-state index contributed by atoms with van der Waals surface area (Å²) in [4.78, 5) is 33.3. The second kappa shape index (κ2) is 9.80. The standard InChI is InChI=1S/C21H13Cl2F3N4O2/c22-17-5-4-12(11-28-17)8-16(20(32)30-15-6-7-27-18(23)10-15)19(31)29-14-3-1-2-13(9-14)21(24,25)26/h1-11H,(H,29,31)(H,27,30,32). The molecule has 2 amide bonds. The number of anilines is 2. The molecule has 0 saturated heterocycles. The first-order chi connectivity index (χ1) is 15.1. The van der Waals surface area contributed by atoms with Crippen molar-refractivity contribution in [3.8, 4) is 0 Å². The average Bonchev–Trinajstić information content (AvgIpc) is 2.72. The number of benzene rings is 1. The van der Waals surface area contributed by atoms with Gasteiger partial charge < -0.3 is 10.6 Å². The van der Waals surface area contributed by atoms with Crippen molar-refractivity contribution in [1.29, 1.82) is 0 Å². The highest BCUT2D eigenvalue weighted by atomic mass is 35.5. The number of pyridine rings is 2. The highest BCUT2D eigenvalue weighted by Gasteiger charge is 2.30. The highest BCUT2D eigenvalue weighted by molar-refractivity contribution is 6.31. The van der Waals surface area contributed by atoms with Gasteiger partial charge in [-0.15, -0.1) is 0 Å². The number of carbonyl (C=O) groups is 2. The lowest BCUT2D eigenvalue weighted by Crippen LogP contribution is -2.25. The summed E-state index contributed by atoms with van der Waals surface area (Å²) in [5.74, 6) is -1.76. The summed E-state index contributed by atoms with van der Waals surface area (Å²) in [5, 5.41) is 5.13. The lowest BCUT2D eigenvalue weighted by molar-refractivity contribution is -0.137. The van der Waals surface area contributed by atoms with Crippen LogP contribution in [0, 0.1) is 0 Å². The third kappa shape index (κ3) is 6.29. The molecule has 0 bridgehead atoms. The molecule has 164 valence electrons. The zero-order valence-electron chi connectivity index (χ0n) is 16.0. The van der Waals surface area contributed by atoms with Crippen molar-refractivity contribution in [2.75, 3.05) is 10.6 Å². The molecule has 3 aromatic rings. The highest BCUT2D eigenvalue weighted by Crippen LogP contribution is 2.30. The molecule has 1 aromatic carbocycles. The molecule has 0 unspecified atom stereocenters. The normalized spacial score (nSPS) is 11.7. The molecule has 0 aliphatic rings. The van der Waals surface area contributed by atoms with E-state index < -0.39 is 23.6 Å². The Hall–Kier alpha value is -3.43. The minimum Gasteiger partial charge on any atom is -0.322 e. The Bertz CT molecular complexity index is 1180. The summed E-state index contributed by atoms with van der Waals surface area (Å²) in [6, 6.07) is 9.84. The van der Waals surface area contributed by atoms with E-state index in [1.165, 1.54) is 48.8 Å². The van der Waals surface area contributed by atoms with Gasteiger partial charge in [-0.05, 0) is 48.0 Å². The van der Waals surface area contributed by atoms with Crippen LogP contribution in [0.4, 0.5) is 24.5 Å². The van der Waals surface area contributed by atoms with Crippen LogP contribution in [0.25, 0.3) is 6.08 Å². The summed E-state index contributed by atoms with van der Waals surface area (Å²) in [5.41, 5.74) is -0.837. The Morgan fingerprint density at radius 2 is 1.56 bits per heavy atom. The summed E-state index contributed by atoms with van der Waals surface area (Å²) in [6.07, 6.45) is -0.680. The quantitative estimate of drug-likeness (QED) is 0.219. The molecule has 2 heterocycles. The first-order valence-corrected chi connectivity index (χ1v) is 9.62. The minimum atomic E-state index is -4.59. The van der Waals surface area contributed by atoms with E-state index in [1.54, 1.807) is 0 Å². The van der Waals surface area contributed by atoms with Gasteiger partial charge >= 0.3 is 6.18 Å². The molecule has 2 aromatic heterocycles. The maximum atomic E-state index is 13.0. The third-order valence-corrected chi connectivity index (χ3v) is 4.41. The predicted octanol–water partition coefficient (Wildman–Crippen LogP) is 5.46. The number of carbonyl (C=O) groups excluding carboxylic acids is 2. The van der Waals surface area contributed by atoms with Crippen molar-refractivity contribution in [3.63, 3.8) is 0 Å². The molecular weight excluding hydrogens is 468 g/mol. The first-order valence-electron chi connectivity index (χ1n) is 8.86. The van der Waals surface area contributed by atoms with Gasteiger partial charge in [0.2, 0.25) is 0 Å². The zero-order valence-corrected chi connectivity index (χ0v) is 17.5. The number of hydrogen-bond donors (Lipinski definition) is 2. The van der Waals surface area contributed by atoms with E-state index in [-0.39, 0.29) is 27.3 Å². The van der Waals surface area contributed by atoms with Crippen LogP contribution in [-0.2, 0) is 15.8 Å². The van der Waals surface area contributed by atoms with Gasteiger partial charge in [-0.1, -0.05) is 35.3 Å². The fraction of sp³-hybridized carbons (Fsp3) is 0.0476. The van der Waals surface area contributed by atoms with Gasteiger partial charge in [-0.2, -0.15) is 13.2 Å². The second-order valence-electron chi connectivity index (χ2n) is 6.33. The molecular formula is C21H13Cl2F3N4O2. The maximum absolute atomic E-state index is 13.0. The van der Waals surface area contributed by atoms with Crippen LogP contribution in [0.5, 0.6) is 0 Å². The third-order valence-electron chi connectivity index (χ3n) is 3.98. The molecule has 0 atom stereocenters. The van der Waals surface area contributed by atoms with Crippen molar-refractivity contribution >= 4 is 52.5 Å². The van der Waals surface area contributed by atoms with Crippen molar-refractivity contribution in [2.45, 2.75) is 6.18 Å². The molecule has 11 heteroatoms. The number of hydrogen-bond acceptors (Lipinski definition) is 4. The number of halogens is 5. The van der Waals surface area contributed by atoms with E-state index in [1.807, 2.05) is 0 Å². The Labute approximate surface area is 190 Å². The van der Waals surface area contributed by atoms with Gasteiger partial charge in [-0.25, -0.2) is 9.97 Å². The largest absolute Gasteiger partial charge is 0.416 e. The number of nitrogens with zero attached hydrogens (tertiary/aromatic N) is 2. The van der Waals surface area contributed by atoms with Crippen LogP contribution in [0.1, 0.15) is 11.1 Å². The van der Waals surface area contributed by atoms with E-state index >= 15 is 0 Å². The van der Waals surface area contributed by atoms with Gasteiger partial charge in [0.25, 0.3) is 11.8 Å². The molecule has 0 aliphatic carbocycles. The molecule has 2 N–H and O–H groups in total. The molecule has 0 fully saturated rings. The van der Waals surface area contributed by atoms with Crippen LogP contribution in [0.15, 0.2) is 66.5 Å². The molecule has 0 spiro atoms. The first kappa shape index (κ1) is 23.2. The van der Waals surface area contributed by atoms with Crippen LogP contribution in [0.3, 0.4) is 0 Å². The van der Waals surface area contributed by atoms with E-state index in [0.717, 1.165) is 18.2 Å². The Morgan fingerprint density at radius 3 is 2.16 bits per heavy atom. The number of rotatable bonds is 5. The van der Waals surface area contributed by atoms with Crippen molar-refractivity contribution in [3.05, 3.63) is 87.9 Å². The monoisotopic (exact) mass is 480 g/mol. The van der Waals surface area contributed by atoms with E-state index in [4.69, 9.17) is 23.2 Å². The number of alkyl halides is 3. The topological polar surface area (TPSA) is 84.0 Å². The Morgan fingerprint density at radius 1 is 0.875 bits per heavy atom. The summed E-state index contributed by atoms with van der Waals surface area (Å²) < 4.78 is 38.9. The Balaban J connectivity index is 1.92. The molecule has 32 heavy (non-hydrogen) atoms. The summed E-state index contributed by atoms with van der Waals surface area (Å²) in [7, 11) is 0. The van der Waals surface area contributed by atoms with Gasteiger partial charge in [0.15, 0.2) is 0 Å². The zero-order chi connectivity index (χ0) is 23.3. The van der Waals surface area contributed by atoms with Gasteiger partial charge in [-0.3, -0.25) is 9.59 Å². The number of aromatic nitrogens is 2.